The van der Waals surface area contributed by atoms with Crippen molar-refractivity contribution in [2.45, 2.75) is 19.8 Å². The van der Waals surface area contributed by atoms with Gasteiger partial charge in [-0.25, -0.2) is 0 Å². The van der Waals surface area contributed by atoms with E-state index < -0.39 is 0 Å². The van der Waals surface area contributed by atoms with E-state index in [-0.39, 0.29) is 37.7 Å². The molecule has 44 valence electrons. The van der Waals surface area contributed by atoms with Crippen molar-refractivity contribution < 1.29 is 4.74 Å². The molecule has 0 atom stereocenters. The molecule has 0 fully saturated rings. The van der Waals surface area contributed by atoms with Crippen LogP contribution in [0.2, 0.25) is 0 Å². The SMILES string of the molecule is CCCC(=S)OC.[Ca]. The predicted molar refractivity (Wildman–Crippen MR) is 40.3 cm³/mol. The first-order chi connectivity index (χ1) is 3.31. The van der Waals surface area contributed by atoms with Crippen molar-refractivity contribution >= 4 is 55.0 Å². The van der Waals surface area contributed by atoms with E-state index in [0.717, 1.165) is 12.8 Å². The van der Waals surface area contributed by atoms with Crippen molar-refractivity contribution in [3.8, 4) is 0 Å². The molecule has 0 aliphatic rings. The van der Waals surface area contributed by atoms with Gasteiger partial charge in [0.2, 0.25) is 0 Å². The van der Waals surface area contributed by atoms with Crippen LogP contribution in [0.4, 0.5) is 0 Å². The molecule has 0 saturated carbocycles. The summed E-state index contributed by atoms with van der Waals surface area (Å²) in [5.41, 5.74) is 0. The van der Waals surface area contributed by atoms with Crippen LogP contribution in [0.3, 0.4) is 0 Å². The van der Waals surface area contributed by atoms with E-state index in [1.807, 2.05) is 0 Å². The van der Waals surface area contributed by atoms with Gasteiger partial charge in [0.05, 0.1) is 7.11 Å². The largest absolute Gasteiger partial charge is 0.490 e. The van der Waals surface area contributed by atoms with Crippen LogP contribution >= 0.6 is 12.2 Å². The maximum atomic E-state index is 4.73. The monoisotopic (exact) mass is 158 g/mol. The summed E-state index contributed by atoms with van der Waals surface area (Å²) in [6, 6.07) is 0. The van der Waals surface area contributed by atoms with E-state index in [1.165, 1.54) is 0 Å². The smallest absolute Gasteiger partial charge is 0.159 e. The summed E-state index contributed by atoms with van der Waals surface area (Å²) in [5.74, 6) is 0. The molecule has 0 aromatic heterocycles. The number of hydrogen-bond acceptors (Lipinski definition) is 2. The van der Waals surface area contributed by atoms with Gasteiger partial charge in [0.25, 0.3) is 0 Å². The quantitative estimate of drug-likeness (QED) is 0.443. The third-order valence-corrected chi connectivity index (χ3v) is 1.05. The van der Waals surface area contributed by atoms with Gasteiger partial charge in [-0.05, 0) is 18.6 Å². The average molecular weight is 158 g/mol. The predicted octanol–water partition coefficient (Wildman–Crippen LogP) is 1.38. The molecule has 0 aliphatic carbocycles. The van der Waals surface area contributed by atoms with Gasteiger partial charge < -0.3 is 4.74 Å². The van der Waals surface area contributed by atoms with E-state index in [9.17, 15) is 0 Å². The summed E-state index contributed by atoms with van der Waals surface area (Å²) in [4.78, 5) is 0. The molecule has 0 spiro atoms. The third-order valence-electron chi connectivity index (χ3n) is 0.682. The second-order valence-electron chi connectivity index (χ2n) is 1.33. The maximum absolute atomic E-state index is 4.73. The number of ether oxygens (including phenoxy) is 1. The number of thiocarbonyl (C=S) groups is 1. The molecule has 0 rings (SSSR count). The van der Waals surface area contributed by atoms with E-state index >= 15 is 0 Å². The second-order valence-corrected chi connectivity index (χ2v) is 1.78. The summed E-state index contributed by atoms with van der Waals surface area (Å²) in [6.45, 7) is 2.07. The first-order valence-electron chi connectivity index (χ1n) is 2.38. The van der Waals surface area contributed by atoms with Crippen molar-refractivity contribution in [1.82, 2.24) is 0 Å². The topological polar surface area (TPSA) is 9.23 Å². The number of rotatable bonds is 2. The van der Waals surface area contributed by atoms with Crippen molar-refractivity contribution in [3.05, 3.63) is 0 Å². The Labute approximate surface area is 85.8 Å². The van der Waals surface area contributed by atoms with Crippen LogP contribution in [0.5, 0.6) is 0 Å². The fourth-order valence-electron chi connectivity index (χ4n) is 0.306. The summed E-state index contributed by atoms with van der Waals surface area (Å²) < 4.78 is 4.72. The Hall–Kier alpha value is 1.15. The van der Waals surface area contributed by atoms with Gasteiger partial charge in [-0.3, -0.25) is 0 Å². The average Bonchev–Trinajstić information content (AvgIpc) is 1.68. The summed E-state index contributed by atoms with van der Waals surface area (Å²) >= 11 is 4.73. The van der Waals surface area contributed by atoms with Crippen molar-refractivity contribution in [3.63, 3.8) is 0 Å². The van der Waals surface area contributed by atoms with Crippen LogP contribution in [0.1, 0.15) is 19.8 Å². The van der Waals surface area contributed by atoms with Gasteiger partial charge in [-0.15, -0.1) is 0 Å². The molecule has 0 bridgehead atoms. The molecule has 8 heavy (non-hydrogen) atoms. The molecule has 0 aromatic rings. The normalized spacial score (nSPS) is 7.25. The zero-order valence-corrected chi connectivity index (χ0v) is 8.46. The molecule has 0 unspecified atom stereocenters. The maximum Gasteiger partial charge on any atom is 0.159 e. The standard InChI is InChI=1S/C5H10OS.Ca/c1-3-4-5(7)6-2;/h3-4H2,1-2H3;. The summed E-state index contributed by atoms with van der Waals surface area (Å²) in [6.07, 6.45) is 1.98. The van der Waals surface area contributed by atoms with E-state index in [1.54, 1.807) is 7.11 Å². The van der Waals surface area contributed by atoms with Crippen LogP contribution in [-0.2, 0) is 4.74 Å². The molecule has 0 N–H and O–H groups in total. The molecule has 0 aromatic carbocycles. The molecule has 0 amide bonds. The van der Waals surface area contributed by atoms with Gasteiger partial charge in [-0.2, -0.15) is 0 Å². The zero-order valence-electron chi connectivity index (χ0n) is 5.44. The van der Waals surface area contributed by atoms with E-state index in [2.05, 4.69) is 6.92 Å². The molecule has 3 heteroatoms. The second kappa shape index (κ2) is 8.15. The van der Waals surface area contributed by atoms with E-state index in [0.29, 0.717) is 5.05 Å². The summed E-state index contributed by atoms with van der Waals surface area (Å²) in [5, 5.41) is 0.711. The van der Waals surface area contributed by atoms with Gasteiger partial charge in [0, 0.05) is 44.2 Å². The van der Waals surface area contributed by atoms with Crippen molar-refractivity contribution in [2.75, 3.05) is 7.11 Å². The fraction of sp³-hybridized carbons (Fsp3) is 0.800. The molecule has 0 saturated heterocycles. The molecule has 0 heterocycles. The Balaban J connectivity index is 0. The number of hydrogen-bond donors (Lipinski definition) is 0. The number of methoxy groups -OCH3 is 1. The van der Waals surface area contributed by atoms with Crippen LogP contribution in [0.15, 0.2) is 0 Å². The minimum atomic E-state index is 0. The van der Waals surface area contributed by atoms with E-state index in [4.69, 9.17) is 17.0 Å². The van der Waals surface area contributed by atoms with Gasteiger partial charge in [0.15, 0.2) is 5.05 Å². The van der Waals surface area contributed by atoms with Gasteiger partial charge >= 0.3 is 0 Å². The zero-order chi connectivity index (χ0) is 5.70. The van der Waals surface area contributed by atoms with Gasteiger partial charge in [0.1, 0.15) is 0 Å². The Bertz CT molecular complexity index is 65.4. The minimum absolute atomic E-state index is 0. The van der Waals surface area contributed by atoms with Crippen LogP contribution in [0.25, 0.3) is 0 Å². The fourth-order valence-corrected chi connectivity index (χ4v) is 0.510. The first-order valence-corrected chi connectivity index (χ1v) is 2.79. The molecule has 1 nitrogen and oxygen atoms in total. The molecule has 0 aliphatic heterocycles. The summed E-state index contributed by atoms with van der Waals surface area (Å²) in [7, 11) is 1.61. The third kappa shape index (κ3) is 7.15. The molecular weight excluding hydrogens is 148 g/mol. The molecular formula is C5H10CaOS. The minimum Gasteiger partial charge on any atom is -0.490 e. The Morgan fingerprint density at radius 3 is 2.25 bits per heavy atom. The first kappa shape index (κ1) is 11.9. The van der Waals surface area contributed by atoms with Crippen LogP contribution in [-0.4, -0.2) is 49.9 Å². The van der Waals surface area contributed by atoms with Crippen molar-refractivity contribution in [1.29, 1.82) is 0 Å². The Kier molecular flexibility index (Phi) is 12.1. The van der Waals surface area contributed by atoms with Gasteiger partial charge in [-0.1, -0.05) is 6.92 Å². The van der Waals surface area contributed by atoms with Crippen molar-refractivity contribution in [2.24, 2.45) is 0 Å². The Morgan fingerprint density at radius 1 is 1.62 bits per heavy atom. The molecule has 2 radical (unpaired) electrons. The van der Waals surface area contributed by atoms with Crippen LogP contribution < -0.4 is 0 Å². The Morgan fingerprint density at radius 2 is 2.12 bits per heavy atom. The van der Waals surface area contributed by atoms with Crippen LogP contribution in [0, 0.1) is 0 Å².